The Labute approximate surface area is 109 Å². The van der Waals surface area contributed by atoms with E-state index in [4.69, 9.17) is 4.74 Å². The number of carbonyl (C=O) groups is 1. The molecule has 3 rings (SSSR count). The molecule has 3 heterocycles. The summed E-state index contributed by atoms with van der Waals surface area (Å²) in [5.41, 5.74) is 1.19. The van der Waals surface area contributed by atoms with E-state index in [-0.39, 0.29) is 5.97 Å². The van der Waals surface area contributed by atoms with E-state index in [9.17, 15) is 4.79 Å². The van der Waals surface area contributed by atoms with Crippen molar-refractivity contribution < 1.29 is 9.53 Å². The molecule has 2 aromatic rings. The number of fused-ring (bicyclic) bond motifs is 1. The van der Waals surface area contributed by atoms with Gasteiger partial charge in [-0.3, -0.25) is 4.40 Å². The zero-order valence-electron chi connectivity index (χ0n) is 10.00. The third-order valence-corrected chi connectivity index (χ3v) is 4.31. The highest BCUT2D eigenvalue weighted by molar-refractivity contribution is 7.99. The SMILES string of the molecule is COC(=O)c1cccc2nnc(C3CCSC3)n12. The Morgan fingerprint density at radius 3 is 3.11 bits per heavy atom. The van der Waals surface area contributed by atoms with Crippen LogP contribution in [0.15, 0.2) is 18.2 Å². The number of thioether (sulfide) groups is 1. The Morgan fingerprint density at radius 1 is 1.50 bits per heavy atom. The van der Waals surface area contributed by atoms with Crippen LogP contribution in [0.1, 0.15) is 28.7 Å². The number of aromatic nitrogens is 3. The Bertz CT molecular complexity index is 590. The molecule has 0 amide bonds. The van der Waals surface area contributed by atoms with Crippen molar-refractivity contribution in [3.05, 3.63) is 29.7 Å². The molecule has 1 aliphatic heterocycles. The average Bonchev–Trinajstić information content (AvgIpc) is 3.05. The van der Waals surface area contributed by atoms with Crippen LogP contribution < -0.4 is 0 Å². The lowest BCUT2D eigenvalue weighted by atomic mass is 10.1. The van der Waals surface area contributed by atoms with Crippen molar-refractivity contribution in [3.63, 3.8) is 0 Å². The Morgan fingerprint density at radius 2 is 2.39 bits per heavy atom. The van der Waals surface area contributed by atoms with E-state index in [1.54, 1.807) is 12.1 Å². The van der Waals surface area contributed by atoms with Gasteiger partial charge in [0.15, 0.2) is 5.65 Å². The highest BCUT2D eigenvalue weighted by Gasteiger charge is 2.25. The molecule has 0 aromatic carbocycles. The summed E-state index contributed by atoms with van der Waals surface area (Å²) in [6.07, 6.45) is 1.08. The fourth-order valence-corrected chi connectivity index (χ4v) is 3.45. The monoisotopic (exact) mass is 263 g/mol. The van der Waals surface area contributed by atoms with Gasteiger partial charge in [0.1, 0.15) is 11.5 Å². The highest BCUT2D eigenvalue weighted by atomic mass is 32.2. The van der Waals surface area contributed by atoms with Crippen LogP contribution >= 0.6 is 11.8 Å². The molecule has 1 saturated heterocycles. The minimum Gasteiger partial charge on any atom is -0.464 e. The molecule has 18 heavy (non-hydrogen) atoms. The largest absolute Gasteiger partial charge is 0.464 e. The van der Waals surface area contributed by atoms with Gasteiger partial charge < -0.3 is 4.74 Å². The summed E-state index contributed by atoms with van der Waals surface area (Å²) in [6.45, 7) is 0. The molecule has 94 valence electrons. The highest BCUT2D eigenvalue weighted by Crippen LogP contribution is 2.31. The second-order valence-corrected chi connectivity index (χ2v) is 5.36. The van der Waals surface area contributed by atoms with E-state index in [0.29, 0.717) is 17.3 Å². The van der Waals surface area contributed by atoms with Crippen LogP contribution in [0.5, 0.6) is 0 Å². The van der Waals surface area contributed by atoms with Gasteiger partial charge in [-0.15, -0.1) is 10.2 Å². The lowest BCUT2D eigenvalue weighted by molar-refractivity contribution is 0.0592. The van der Waals surface area contributed by atoms with Crippen molar-refractivity contribution in [2.75, 3.05) is 18.6 Å². The summed E-state index contributed by atoms with van der Waals surface area (Å²) in [7, 11) is 1.39. The predicted molar refractivity (Wildman–Crippen MR) is 69.0 cm³/mol. The van der Waals surface area contributed by atoms with E-state index < -0.39 is 0 Å². The van der Waals surface area contributed by atoms with Crippen LogP contribution in [0.3, 0.4) is 0 Å². The normalized spacial score (nSPS) is 19.3. The lowest BCUT2D eigenvalue weighted by Gasteiger charge is -2.09. The van der Waals surface area contributed by atoms with Crippen LogP contribution in [0, 0.1) is 0 Å². The van der Waals surface area contributed by atoms with Gasteiger partial charge in [-0.2, -0.15) is 11.8 Å². The number of rotatable bonds is 2. The maximum absolute atomic E-state index is 11.8. The molecular weight excluding hydrogens is 250 g/mol. The van der Waals surface area contributed by atoms with Gasteiger partial charge in [-0.25, -0.2) is 4.79 Å². The summed E-state index contributed by atoms with van der Waals surface area (Å²) >= 11 is 1.91. The lowest BCUT2D eigenvalue weighted by Crippen LogP contribution is -2.12. The molecule has 0 saturated carbocycles. The number of carbonyl (C=O) groups excluding carboxylic acids is 1. The fourth-order valence-electron chi connectivity index (χ4n) is 2.23. The Kier molecular flexibility index (Phi) is 2.95. The maximum Gasteiger partial charge on any atom is 0.355 e. The standard InChI is InChI=1S/C12H13N3O2S/c1-17-12(16)9-3-2-4-10-13-14-11(15(9)10)8-5-6-18-7-8/h2-4,8H,5-7H2,1H3. The number of hydrogen-bond acceptors (Lipinski definition) is 5. The van der Waals surface area contributed by atoms with Crippen LogP contribution in [0.25, 0.3) is 5.65 Å². The molecule has 5 nitrogen and oxygen atoms in total. The van der Waals surface area contributed by atoms with Crippen molar-refractivity contribution in [2.24, 2.45) is 0 Å². The second-order valence-electron chi connectivity index (χ2n) is 4.21. The summed E-state index contributed by atoms with van der Waals surface area (Å²) in [5, 5.41) is 8.38. The van der Waals surface area contributed by atoms with Gasteiger partial charge in [0.05, 0.1) is 7.11 Å². The Hall–Kier alpha value is -1.56. The number of pyridine rings is 1. The van der Waals surface area contributed by atoms with Crippen molar-refractivity contribution in [2.45, 2.75) is 12.3 Å². The second kappa shape index (κ2) is 4.61. The number of esters is 1. The zero-order chi connectivity index (χ0) is 12.5. The van der Waals surface area contributed by atoms with E-state index in [1.807, 2.05) is 22.2 Å². The molecule has 1 aliphatic rings. The van der Waals surface area contributed by atoms with Crippen molar-refractivity contribution in [1.82, 2.24) is 14.6 Å². The van der Waals surface area contributed by atoms with Gasteiger partial charge in [0.25, 0.3) is 0 Å². The van der Waals surface area contributed by atoms with E-state index in [1.165, 1.54) is 7.11 Å². The van der Waals surface area contributed by atoms with Gasteiger partial charge in [0, 0.05) is 11.7 Å². The summed E-state index contributed by atoms with van der Waals surface area (Å²) in [6, 6.07) is 5.39. The molecule has 1 unspecified atom stereocenters. The van der Waals surface area contributed by atoms with Crippen molar-refractivity contribution in [1.29, 1.82) is 0 Å². The summed E-state index contributed by atoms with van der Waals surface area (Å²) < 4.78 is 6.63. The Balaban J connectivity index is 2.17. The molecule has 6 heteroatoms. The zero-order valence-corrected chi connectivity index (χ0v) is 10.8. The molecule has 1 fully saturated rings. The average molecular weight is 263 g/mol. The van der Waals surface area contributed by atoms with Gasteiger partial charge in [-0.05, 0) is 24.3 Å². The van der Waals surface area contributed by atoms with E-state index >= 15 is 0 Å². The molecule has 2 aromatic heterocycles. The fraction of sp³-hybridized carbons (Fsp3) is 0.417. The van der Waals surface area contributed by atoms with Crippen LogP contribution in [0.2, 0.25) is 0 Å². The smallest absolute Gasteiger partial charge is 0.355 e. The number of methoxy groups -OCH3 is 1. The first kappa shape index (κ1) is 11.5. The van der Waals surface area contributed by atoms with Crippen LogP contribution in [0.4, 0.5) is 0 Å². The van der Waals surface area contributed by atoms with Crippen LogP contribution in [-0.2, 0) is 4.74 Å². The van der Waals surface area contributed by atoms with E-state index in [0.717, 1.165) is 23.8 Å². The van der Waals surface area contributed by atoms with Crippen molar-refractivity contribution >= 4 is 23.4 Å². The molecular formula is C12H13N3O2S. The summed E-state index contributed by atoms with van der Waals surface area (Å²) in [5.74, 6) is 3.06. The molecule has 0 radical (unpaired) electrons. The maximum atomic E-state index is 11.8. The molecule has 0 N–H and O–H groups in total. The minimum absolute atomic E-state index is 0.354. The van der Waals surface area contributed by atoms with Crippen LogP contribution in [-0.4, -0.2) is 39.2 Å². The molecule has 0 aliphatic carbocycles. The quantitative estimate of drug-likeness (QED) is 0.772. The topological polar surface area (TPSA) is 56.5 Å². The number of hydrogen-bond donors (Lipinski definition) is 0. The molecule has 0 spiro atoms. The number of ether oxygens (including phenoxy) is 1. The first-order valence-electron chi connectivity index (χ1n) is 5.81. The predicted octanol–water partition coefficient (Wildman–Crippen LogP) is 1.74. The minimum atomic E-state index is -0.354. The molecule has 0 bridgehead atoms. The van der Waals surface area contributed by atoms with Crippen molar-refractivity contribution in [3.8, 4) is 0 Å². The van der Waals surface area contributed by atoms with Gasteiger partial charge >= 0.3 is 5.97 Å². The van der Waals surface area contributed by atoms with E-state index in [2.05, 4.69) is 10.2 Å². The third-order valence-electron chi connectivity index (χ3n) is 3.14. The first-order valence-corrected chi connectivity index (χ1v) is 6.97. The van der Waals surface area contributed by atoms with Gasteiger partial charge in [0.2, 0.25) is 0 Å². The third kappa shape index (κ3) is 1.77. The molecule has 1 atom stereocenters. The summed E-state index contributed by atoms with van der Waals surface area (Å²) in [4.78, 5) is 11.8. The van der Waals surface area contributed by atoms with Gasteiger partial charge in [-0.1, -0.05) is 6.07 Å². The number of nitrogens with zero attached hydrogens (tertiary/aromatic N) is 3. The first-order chi connectivity index (χ1) is 8.81.